The van der Waals surface area contributed by atoms with Crippen molar-refractivity contribution >= 4 is 12.2 Å². The van der Waals surface area contributed by atoms with E-state index in [1.165, 1.54) is 0 Å². The fourth-order valence-electron chi connectivity index (χ4n) is 1.69. The Balaban J connectivity index is 2.62. The number of nitrogens with one attached hydrogen (secondary N) is 1. The maximum Gasteiger partial charge on any atom is 0.128 e. The monoisotopic (exact) mass is 231 g/mol. The van der Waals surface area contributed by atoms with E-state index in [2.05, 4.69) is 4.98 Å². The van der Waals surface area contributed by atoms with Crippen molar-refractivity contribution < 1.29 is 4.74 Å². The van der Waals surface area contributed by atoms with Crippen LogP contribution < -0.4 is 4.74 Å². The van der Waals surface area contributed by atoms with Crippen LogP contribution in [0.25, 0.3) is 11.3 Å². The first-order chi connectivity index (χ1) is 7.70. The van der Waals surface area contributed by atoms with Crippen molar-refractivity contribution in [1.82, 2.24) is 4.98 Å². The number of rotatable bonds is 2. The third kappa shape index (κ3) is 2.14. The van der Waals surface area contributed by atoms with Gasteiger partial charge in [0, 0.05) is 15.8 Å². The van der Waals surface area contributed by atoms with E-state index >= 15 is 0 Å². The fraction of sp³-hybridized carbons (Fsp3) is 0.154. The number of methoxy groups -OCH3 is 1. The van der Waals surface area contributed by atoms with Crippen molar-refractivity contribution in [1.29, 1.82) is 0 Å². The molecular formula is C13H13NOS. The van der Waals surface area contributed by atoms with E-state index in [0.29, 0.717) is 0 Å². The Morgan fingerprint density at radius 2 is 1.94 bits per heavy atom. The Morgan fingerprint density at radius 1 is 1.19 bits per heavy atom. The summed E-state index contributed by atoms with van der Waals surface area (Å²) in [5, 5.41) is 0. The molecule has 0 bridgehead atoms. The second-order valence-corrected chi connectivity index (χ2v) is 4.08. The number of pyridine rings is 1. The molecule has 82 valence electrons. The van der Waals surface area contributed by atoms with E-state index in [0.717, 1.165) is 27.2 Å². The summed E-state index contributed by atoms with van der Waals surface area (Å²) < 4.78 is 6.16. The average Bonchev–Trinajstić information content (AvgIpc) is 2.27. The molecule has 0 radical (unpaired) electrons. The molecule has 1 aromatic carbocycles. The van der Waals surface area contributed by atoms with Crippen molar-refractivity contribution in [3.05, 3.63) is 46.6 Å². The maximum absolute atomic E-state index is 5.33. The van der Waals surface area contributed by atoms with Gasteiger partial charge in [-0.3, -0.25) is 0 Å². The number of H-pyrrole nitrogens is 1. The molecule has 0 unspecified atom stereocenters. The van der Waals surface area contributed by atoms with Gasteiger partial charge in [-0.05, 0) is 31.2 Å². The van der Waals surface area contributed by atoms with Crippen LogP contribution in [0, 0.1) is 11.4 Å². The maximum atomic E-state index is 5.33. The number of hydrogen-bond donors (Lipinski definition) is 1. The van der Waals surface area contributed by atoms with E-state index in [1.807, 2.05) is 43.3 Å². The number of aromatic amines is 1. The molecule has 1 aromatic heterocycles. The van der Waals surface area contributed by atoms with Crippen LogP contribution in [0.3, 0.4) is 0 Å². The summed E-state index contributed by atoms with van der Waals surface area (Å²) in [5.74, 6) is 0.846. The first kappa shape index (κ1) is 10.9. The zero-order chi connectivity index (χ0) is 11.5. The van der Waals surface area contributed by atoms with Gasteiger partial charge in [-0.25, -0.2) is 0 Å². The van der Waals surface area contributed by atoms with Gasteiger partial charge in [0.05, 0.1) is 12.8 Å². The summed E-state index contributed by atoms with van der Waals surface area (Å²) in [6.45, 7) is 1.99. The molecule has 0 saturated heterocycles. The highest BCUT2D eigenvalue weighted by Crippen LogP contribution is 2.28. The van der Waals surface area contributed by atoms with Crippen LogP contribution in [-0.4, -0.2) is 12.1 Å². The lowest BCUT2D eigenvalue weighted by Crippen LogP contribution is -1.91. The second-order valence-electron chi connectivity index (χ2n) is 3.61. The van der Waals surface area contributed by atoms with Crippen LogP contribution >= 0.6 is 12.2 Å². The quantitative estimate of drug-likeness (QED) is 0.797. The highest BCUT2D eigenvalue weighted by molar-refractivity contribution is 7.71. The van der Waals surface area contributed by atoms with Gasteiger partial charge in [-0.1, -0.05) is 24.4 Å². The Labute approximate surface area is 99.9 Å². The lowest BCUT2D eigenvalue weighted by Gasteiger charge is -2.09. The molecule has 1 N–H and O–H groups in total. The molecule has 16 heavy (non-hydrogen) atoms. The summed E-state index contributed by atoms with van der Waals surface area (Å²) in [5.41, 5.74) is 3.07. The Hall–Kier alpha value is -1.61. The Kier molecular flexibility index (Phi) is 3.06. The summed E-state index contributed by atoms with van der Waals surface area (Å²) in [4.78, 5) is 3.29. The molecule has 0 saturated carbocycles. The fourth-order valence-corrected chi connectivity index (χ4v) is 1.99. The topological polar surface area (TPSA) is 25.0 Å². The van der Waals surface area contributed by atoms with Gasteiger partial charge in [0.2, 0.25) is 0 Å². The molecule has 3 heteroatoms. The molecule has 0 aliphatic carbocycles. The van der Waals surface area contributed by atoms with Gasteiger partial charge in [0.25, 0.3) is 0 Å². The first-order valence-corrected chi connectivity index (χ1v) is 5.46. The molecule has 0 spiro atoms. The number of benzene rings is 1. The van der Waals surface area contributed by atoms with E-state index in [9.17, 15) is 0 Å². The highest BCUT2D eigenvalue weighted by Gasteiger charge is 2.05. The summed E-state index contributed by atoms with van der Waals surface area (Å²) in [6.07, 6.45) is 0. The molecule has 0 fully saturated rings. The minimum absolute atomic E-state index is 0.831. The largest absolute Gasteiger partial charge is 0.496 e. The molecule has 0 aliphatic rings. The number of para-hydroxylation sites is 1. The molecule has 0 amide bonds. The normalized spacial score (nSPS) is 10.1. The van der Waals surface area contributed by atoms with Crippen LogP contribution in [0.5, 0.6) is 5.75 Å². The summed E-state index contributed by atoms with van der Waals surface area (Å²) in [7, 11) is 1.67. The van der Waals surface area contributed by atoms with E-state index in [1.54, 1.807) is 7.11 Å². The predicted octanol–water partition coefficient (Wildman–Crippen LogP) is 3.73. The number of ether oxygens (including phenoxy) is 1. The van der Waals surface area contributed by atoms with Gasteiger partial charge in [0.15, 0.2) is 0 Å². The van der Waals surface area contributed by atoms with E-state index in [4.69, 9.17) is 17.0 Å². The predicted molar refractivity (Wildman–Crippen MR) is 68.4 cm³/mol. The standard InChI is InChI=1S/C13H13NOS/c1-9-7-10(16)8-12(14-9)11-5-3-4-6-13(11)15-2/h3-8H,1-2H3,(H,14,16). The van der Waals surface area contributed by atoms with Crippen molar-refractivity contribution in [2.45, 2.75) is 6.92 Å². The number of aromatic nitrogens is 1. The smallest absolute Gasteiger partial charge is 0.128 e. The van der Waals surface area contributed by atoms with Crippen LogP contribution in [0.1, 0.15) is 5.69 Å². The Bertz CT molecular complexity index is 560. The summed E-state index contributed by atoms with van der Waals surface area (Å²) in [6, 6.07) is 11.8. The zero-order valence-corrected chi connectivity index (χ0v) is 10.1. The molecule has 1 heterocycles. The molecular weight excluding hydrogens is 218 g/mol. The van der Waals surface area contributed by atoms with Gasteiger partial charge < -0.3 is 9.72 Å². The Morgan fingerprint density at radius 3 is 2.62 bits per heavy atom. The van der Waals surface area contributed by atoms with Crippen molar-refractivity contribution in [3.8, 4) is 17.0 Å². The van der Waals surface area contributed by atoms with Crippen LogP contribution in [0.4, 0.5) is 0 Å². The second kappa shape index (κ2) is 4.49. The van der Waals surface area contributed by atoms with Crippen LogP contribution in [0.15, 0.2) is 36.4 Å². The molecule has 0 aliphatic heterocycles. The summed E-state index contributed by atoms with van der Waals surface area (Å²) >= 11 is 5.21. The van der Waals surface area contributed by atoms with Crippen LogP contribution in [0.2, 0.25) is 0 Å². The van der Waals surface area contributed by atoms with Crippen molar-refractivity contribution in [3.63, 3.8) is 0 Å². The van der Waals surface area contributed by atoms with Gasteiger partial charge in [-0.15, -0.1) is 0 Å². The van der Waals surface area contributed by atoms with Crippen LogP contribution in [-0.2, 0) is 0 Å². The lowest BCUT2D eigenvalue weighted by atomic mass is 10.1. The molecule has 2 nitrogen and oxygen atoms in total. The first-order valence-electron chi connectivity index (χ1n) is 5.05. The number of aryl methyl sites for hydroxylation is 1. The minimum atomic E-state index is 0.831. The minimum Gasteiger partial charge on any atom is -0.496 e. The van der Waals surface area contributed by atoms with Gasteiger partial charge >= 0.3 is 0 Å². The third-order valence-corrected chi connectivity index (χ3v) is 2.61. The molecule has 0 atom stereocenters. The number of hydrogen-bond acceptors (Lipinski definition) is 2. The van der Waals surface area contributed by atoms with Crippen molar-refractivity contribution in [2.24, 2.45) is 0 Å². The SMILES string of the molecule is COc1ccccc1-c1cc(=S)cc(C)[nH]1. The lowest BCUT2D eigenvalue weighted by molar-refractivity contribution is 0.416. The van der Waals surface area contributed by atoms with Gasteiger partial charge in [0.1, 0.15) is 5.75 Å². The molecule has 2 aromatic rings. The average molecular weight is 231 g/mol. The van der Waals surface area contributed by atoms with Crippen molar-refractivity contribution in [2.75, 3.05) is 7.11 Å². The highest BCUT2D eigenvalue weighted by atomic mass is 32.1. The third-order valence-electron chi connectivity index (χ3n) is 2.37. The zero-order valence-electron chi connectivity index (χ0n) is 9.28. The van der Waals surface area contributed by atoms with E-state index < -0.39 is 0 Å². The molecule has 2 rings (SSSR count). The van der Waals surface area contributed by atoms with E-state index in [-0.39, 0.29) is 0 Å². The van der Waals surface area contributed by atoms with Gasteiger partial charge in [-0.2, -0.15) is 0 Å².